The van der Waals surface area contributed by atoms with Gasteiger partial charge in [-0.2, -0.15) is 0 Å². The maximum Gasteiger partial charge on any atom is 0.229 e. The van der Waals surface area contributed by atoms with Crippen LogP contribution in [0.3, 0.4) is 0 Å². The molecular formula is C26H30O9. The molecule has 1 saturated heterocycles. The highest BCUT2D eigenvalue weighted by atomic mass is 16.7. The molecule has 2 aromatic carbocycles. The average molecular weight is 487 g/mol. The zero-order valence-electron chi connectivity index (χ0n) is 19.5. The fourth-order valence-corrected chi connectivity index (χ4v) is 4.75. The number of benzene rings is 2. The number of hydrogen-bond acceptors (Lipinski definition) is 9. The zero-order valence-corrected chi connectivity index (χ0v) is 19.5. The van der Waals surface area contributed by atoms with Crippen molar-refractivity contribution in [2.75, 3.05) is 13.2 Å². The summed E-state index contributed by atoms with van der Waals surface area (Å²) < 4.78 is 23.1. The van der Waals surface area contributed by atoms with Crippen LogP contribution in [0.15, 0.2) is 36.4 Å². The van der Waals surface area contributed by atoms with Crippen molar-refractivity contribution in [1.29, 1.82) is 0 Å². The average Bonchev–Trinajstić information content (AvgIpc) is 2.83. The second kappa shape index (κ2) is 9.00. The Bertz CT molecular complexity index is 1130. The van der Waals surface area contributed by atoms with E-state index in [4.69, 9.17) is 18.9 Å². The minimum absolute atomic E-state index is 0.00733. The van der Waals surface area contributed by atoms with Gasteiger partial charge < -0.3 is 44.5 Å². The zero-order chi connectivity index (χ0) is 24.9. The van der Waals surface area contributed by atoms with E-state index in [-0.39, 0.29) is 23.0 Å². The van der Waals surface area contributed by atoms with Crippen LogP contribution in [0.5, 0.6) is 23.0 Å². The quantitative estimate of drug-likeness (QED) is 0.435. The summed E-state index contributed by atoms with van der Waals surface area (Å²) in [5.74, 6) is 1.69. The molecule has 2 aromatic rings. The second-order valence-corrected chi connectivity index (χ2v) is 9.75. The van der Waals surface area contributed by atoms with Gasteiger partial charge in [-0.05, 0) is 50.1 Å². The maximum atomic E-state index is 10.7. The van der Waals surface area contributed by atoms with Crippen molar-refractivity contribution in [3.05, 3.63) is 53.1 Å². The van der Waals surface area contributed by atoms with Crippen molar-refractivity contribution in [3.8, 4) is 23.0 Å². The number of aliphatic hydroxyl groups is 4. The first-order valence-corrected chi connectivity index (χ1v) is 11.6. The van der Waals surface area contributed by atoms with Crippen molar-refractivity contribution >= 4 is 6.08 Å². The molecule has 5 N–H and O–H groups in total. The van der Waals surface area contributed by atoms with Crippen LogP contribution in [0.4, 0.5) is 0 Å². The predicted octanol–water partition coefficient (Wildman–Crippen LogP) is 1.47. The number of aromatic hydroxyl groups is 1. The van der Waals surface area contributed by atoms with Crippen molar-refractivity contribution in [2.45, 2.75) is 62.5 Å². The molecule has 0 amide bonds. The van der Waals surface area contributed by atoms with Crippen LogP contribution in [-0.4, -0.2) is 75.1 Å². The fraction of sp³-hybridized carbons (Fsp3) is 0.462. The molecule has 6 atom stereocenters. The summed E-state index contributed by atoms with van der Waals surface area (Å²) in [4.78, 5) is 0. The number of ether oxygens (including phenoxy) is 4. The molecule has 1 fully saturated rings. The van der Waals surface area contributed by atoms with Crippen LogP contribution in [-0.2, 0) is 11.2 Å². The van der Waals surface area contributed by atoms with E-state index in [0.717, 1.165) is 22.6 Å². The molecule has 0 aromatic heterocycles. The molecule has 0 aliphatic carbocycles. The summed E-state index contributed by atoms with van der Waals surface area (Å²) in [5.41, 5.74) is 2.26. The van der Waals surface area contributed by atoms with Gasteiger partial charge in [0.25, 0.3) is 0 Å². The van der Waals surface area contributed by atoms with Crippen LogP contribution < -0.4 is 14.2 Å². The summed E-state index contributed by atoms with van der Waals surface area (Å²) in [7, 11) is 0. The smallest absolute Gasteiger partial charge is 0.229 e. The Balaban J connectivity index is 1.31. The van der Waals surface area contributed by atoms with E-state index in [2.05, 4.69) is 0 Å². The first kappa shape index (κ1) is 23.9. The molecule has 9 nitrogen and oxygen atoms in total. The third kappa shape index (κ3) is 4.46. The Morgan fingerprint density at radius 1 is 1.06 bits per heavy atom. The third-order valence-electron chi connectivity index (χ3n) is 6.70. The van der Waals surface area contributed by atoms with Crippen LogP contribution in [0.25, 0.3) is 6.08 Å². The van der Waals surface area contributed by atoms with Crippen molar-refractivity contribution < 1.29 is 44.5 Å². The second-order valence-electron chi connectivity index (χ2n) is 9.75. The lowest BCUT2D eigenvalue weighted by atomic mass is 9.88. The SMILES string of the molecule is CC1(C)C=Cc2c(ccc3c2OC[C@@H](c2ccc(O[C@H]4O[C@H](CO)[C@@H](O)[C@H](O)[C@H]4O)cc2O)C3)O1. The molecule has 0 bridgehead atoms. The molecule has 0 saturated carbocycles. The van der Waals surface area contributed by atoms with Crippen molar-refractivity contribution in [1.82, 2.24) is 0 Å². The molecule has 188 valence electrons. The van der Waals surface area contributed by atoms with Gasteiger partial charge in [0.1, 0.15) is 53.0 Å². The van der Waals surface area contributed by atoms with Gasteiger partial charge in [-0.3, -0.25) is 0 Å². The number of fused-ring (bicyclic) bond motifs is 3. The number of phenols is 1. The monoisotopic (exact) mass is 486 g/mol. The first-order valence-electron chi connectivity index (χ1n) is 11.6. The van der Waals surface area contributed by atoms with Crippen LogP contribution >= 0.6 is 0 Å². The Morgan fingerprint density at radius 2 is 1.86 bits per heavy atom. The van der Waals surface area contributed by atoms with Gasteiger partial charge in [0.15, 0.2) is 0 Å². The lowest BCUT2D eigenvalue weighted by Gasteiger charge is -2.39. The topological polar surface area (TPSA) is 138 Å². The van der Waals surface area contributed by atoms with Crippen LogP contribution in [0, 0.1) is 0 Å². The molecule has 3 aliphatic heterocycles. The van der Waals surface area contributed by atoms with Crippen LogP contribution in [0.1, 0.15) is 36.5 Å². The number of rotatable bonds is 4. The summed E-state index contributed by atoms with van der Waals surface area (Å²) in [6.45, 7) is 3.81. The summed E-state index contributed by atoms with van der Waals surface area (Å²) in [5, 5.41) is 50.1. The molecule has 35 heavy (non-hydrogen) atoms. The van der Waals surface area contributed by atoms with Gasteiger partial charge in [0.05, 0.1) is 18.8 Å². The van der Waals surface area contributed by atoms with Gasteiger partial charge in [-0.1, -0.05) is 12.1 Å². The van der Waals surface area contributed by atoms with Gasteiger partial charge >= 0.3 is 0 Å². The molecule has 0 unspecified atom stereocenters. The maximum absolute atomic E-state index is 10.7. The molecule has 3 heterocycles. The molecule has 0 spiro atoms. The van der Waals surface area contributed by atoms with Crippen LogP contribution in [0.2, 0.25) is 0 Å². The Hall–Kier alpha value is -2.82. The summed E-state index contributed by atoms with van der Waals surface area (Å²) in [6.07, 6.45) is -2.26. The van der Waals surface area contributed by atoms with Crippen molar-refractivity contribution in [2.24, 2.45) is 0 Å². The number of phenolic OH excluding ortho intramolecular Hbond substituents is 1. The minimum atomic E-state index is -1.55. The fourth-order valence-electron chi connectivity index (χ4n) is 4.75. The van der Waals surface area contributed by atoms with Gasteiger partial charge in [-0.25, -0.2) is 0 Å². The van der Waals surface area contributed by atoms with Gasteiger partial charge in [0.2, 0.25) is 6.29 Å². The minimum Gasteiger partial charge on any atom is -0.508 e. The molecular weight excluding hydrogens is 456 g/mol. The van der Waals surface area contributed by atoms with E-state index < -0.39 is 37.3 Å². The highest BCUT2D eigenvalue weighted by molar-refractivity contribution is 5.69. The Morgan fingerprint density at radius 3 is 2.60 bits per heavy atom. The highest BCUT2D eigenvalue weighted by Crippen LogP contribution is 2.44. The Labute approximate surface area is 202 Å². The van der Waals surface area contributed by atoms with Crippen molar-refractivity contribution in [3.63, 3.8) is 0 Å². The third-order valence-corrected chi connectivity index (χ3v) is 6.70. The number of aliphatic hydroxyl groups excluding tert-OH is 4. The van der Waals surface area contributed by atoms with E-state index in [1.54, 1.807) is 12.1 Å². The normalized spacial score (nSPS) is 31.0. The predicted molar refractivity (Wildman–Crippen MR) is 125 cm³/mol. The first-order chi connectivity index (χ1) is 16.7. The molecule has 3 aliphatic rings. The molecule has 5 rings (SSSR count). The van der Waals surface area contributed by atoms with E-state index in [1.165, 1.54) is 6.07 Å². The lowest BCUT2D eigenvalue weighted by Crippen LogP contribution is -2.60. The van der Waals surface area contributed by atoms with E-state index in [9.17, 15) is 25.5 Å². The van der Waals surface area contributed by atoms with Gasteiger partial charge in [-0.15, -0.1) is 0 Å². The Kier molecular flexibility index (Phi) is 6.14. The number of hydrogen-bond donors (Lipinski definition) is 5. The highest BCUT2D eigenvalue weighted by Gasteiger charge is 2.44. The van der Waals surface area contributed by atoms with E-state index in [0.29, 0.717) is 18.6 Å². The molecule has 0 radical (unpaired) electrons. The summed E-state index contributed by atoms with van der Waals surface area (Å²) in [6, 6.07) is 8.68. The lowest BCUT2D eigenvalue weighted by molar-refractivity contribution is -0.277. The summed E-state index contributed by atoms with van der Waals surface area (Å²) >= 11 is 0. The van der Waals surface area contributed by atoms with Gasteiger partial charge in [0, 0.05) is 17.5 Å². The van der Waals surface area contributed by atoms with E-state index >= 15 is 0 Å². The largest absolute Gasteiger partial charge is 0.508 e. The molecule has 9 heteroatoms. The van der Waals surface area contributed by atoms with E-state index in [1.807, 2.05) is 38.1 Å². The standard InChI is InChI=1S/C26H30O9/c1-26(2)8-7-17-19(35-26)6-3-13-9-14(12-32-24(13)17)16-5-4-15(10-18(16)28)33-25-23(31)22(30)21(29)20(11-27)34-25/h3-8,10,14,20-23,25,27-31H,9,11-12H2,1-2H3/t14-,20+,21+,22-,23+,25-/m0/s1.